The fourth-order valence-corrected chi connectivity index (χ4v) is 4.33. The zero-order valence-corrected chi connectivity index (χ0v) is 19.1. The van der Waals surface area contributed by atoms with Crippen LogP contribution in [-0.4, -0.2) is 37.6 Å². The second-order valence-electron chi connectivity index (χ2n) is 8.77. The lowest BCUT2D eigenvalue weighted by atomic mass is 9.92. The monoisotopic (exact) mass is 502 g/mol. The third kappa shape index (κ3) is 4.27. The molecule has 36 heavy (non-hydrogen) atoms. The van der Waals surface area contributed by atoms with Crippen molar-refractivity contribution in [3.8, 4) is 11.3 Å². The lowest BCUT2D eigenvalue weighted by molar-refractivity contribution is -0.147. The van der Waals surface area contributed by atoms with Crippen LogP contribution in [0.25, 0.3) is 22.3 Å². The summed E-state index contributed by atoms with van der Waals surface area (Å²) in [6.07, 6.45) is -2.45. The van der Waals surface area contributed by atoms with Gasteiger partial charge in [0.05, 0.1) is 0 Å². The molecule has 0 spiro atoms. The topological polar surface area (TPSA) is 76.8 Å². The highest BCUT2D eigenvalue weighted by atomic mass is 19.4. The summed E-state index contributed by atoms with van der Waals surface area (Å²) in [7, 11) is 0.938. The molecule has 0 amide bonds. The smallest absolute Gasteiger partial charge is 0.340 e. The van der Waals surface area contributed by atoms with Gasteiger partial charge in [-0.15, -0.1) is 0 Å². The van der Waals surface area contributed by atoms with Crippen LogP contribution in [-0.2, 0) is 19.6 Å². The number of pyridine rings is 1. The molecular formula is C24H19F5N6O. The highest BCUT2D eigenvalue weighted by Gasteiger charge is 2.38. The first-order valence-corrected chi connectivity index (χ1v) is 11.0. The molecule has 0 aliphatic carbocycles. The molecule has 3 aromatic heterocycles. The Morgan fingerprint density at radius 1 is 1.03 bits per heavy atom. The highest BCUT2D eigenvalue weighted by molar-refractivity contribution is 5.89. The number of halogens is 5. The van der Waals surface area contributed by atoms with E-state index in [1.165, 1.54) is 0 Å². The van der Waals surface area contributed by atoms with Crippen molar-refractivity contribution in [1.29, 1.82) is 0 Å². The number of fused-ring (bicyclic) bond motifs is 1. The number of nitrogens with zero attached hydrogens (tertiary/aromatic N) is 6. The summed E-state index contributed by atoms with van der Waals surface area (Å²) in [5.41, 5.74) is -0.546. The Labute approximate surface area is 201 Å². The van der Waals surface area contributed by atoms with Gasteiger partial charge in [-0.25, -0.2) is 23.7 Å². The number of anilines is 1. The van der Waals surface area contributed by atoms with Gasteiger partial charge in [0, 0.05) is 43.7 Å². The van der Waals surface area contributed by atoms with Crippen LogP contribution in [0.2, 0.25) is 0 Å². The Kier molecular flexibility index (Phi) is 5.68. The van der Waals surface area contributed by atoms with E-state index < -0.39 is 34.7 Å². The van der Waals surface area contributed by atoms with Crippen molar-refractivity contribution >= 4 is 17.0 Å². The predicted octanol–water partition coefficient (Wildman–Crippen LogP) is 4.07. The molecule has 12 heteroatoms. The molecule has 0 saturated carbocycles. The minimum atomic E-state index is -4.95. The molecule has 1 aliphatic heterocycles. The van der Waals surface area contributed by atoms with Gasteiger partial charge >= 0.3 is 6.18 Å². The zero-order valence-electron chi connectivity index (χ0n) is 19.1. The van der Waals surface area contributed by atoms with Gasteiger partial charge in [-0.05, 0) is 49.1 Å². The van der Waals surface area contributed by atoms with E-state index in [2.05, 4.69) is 19.9 Å². The lowest BCUT2D eigenvalue weighted by Crippen LogP contribution is -2.48. The SMILES string of the molecule is Cc1cc(CC2CN(c3nc(-c4ccc(F)cc4F)c4nc(C(F)(F)F)n(C)c(=O)c4n3)C2)ccn1. The largest absolute Gasteiger partial charge is 0.449 e. The van der Waals surface area contributed by atoms with Crippen LogP contribution >= 0.6 is 0 Å². The van der Waals surface area contributed by atoms with Crippen LogP contribution in [0.15, 0.2) is 41.3 Å². The fraction of sp³-hybridized carbons (Fsp3) is 0.292. The summed E-state index contributed by atoms with van der Waals surface area (Å²) >= 11 is 0. The molecule has 4 aromatic rings. The molecule has 0 atom stereocenters. The lowest BCUT2D eigenvalue weighted by Gasteiger charge is -2.39. The molecule has 0 N–H and O–H groups in total. The molecule has 0 bridgehead atoms. The summed E-state index contributed by atoms with van der Waals surface area (Å²) in [6.45, 7) is 2.94. The van der Waals surface area contributed by atoms with E-state index in [0.29, 0.717) is 23.7 Å². The van der Waals surface area contributed by atoms with Crippen molar-refractivity contribution in [2.24, 2.45) is 13.0 Å². The summed E-state index contributed by atoms with van der Waals surface area (Å²) in [6, 6.07) is 6.50. The summed E-state index contributed by atoms with van der Waals surface area (Å²) in [5.74, 6) is -3.09. The van der Waals surface area contributed by atoms with Gasteiger partial charge in [0.2, 0.25) is 11.8 Å². The fourth-order valence-electron chi connectivity index (χ4n) is 4.33. The zero-order chi connectivity index (χ0) is 25.8. The van der Waals surface area contributed by atoms with Gasteiger partial charge in [-0.2, -0.15) is 13.2 Å². The third-order valence-electron chi connectivity index (χ3n) is 6.08. The number of rotatable bonds is 4. The maximum atomic E-state index is 14.7. The Balaban J connectivity index is 1.59. The molecular weight excluding hydrogens is 483 g/mol. The van der Waals surface area contributed by atoms with E-state index in [0.717, 1.165) is 36.9 Å². The average Bonchev–Trinajstić information content (AvgIpc) is 2.77. The van der Waals surface area contributed by atoms with Crippen molar-refractivity contribution in [2.75, 3.05) is 18.0 Å². The summed E-state index contributed by atoms with van der Waals surface area (Å²) in [5, 5.41) is 0. The number of hydrogen-bond donors (Lipinski definition) is 0. The average molecular weight is 502 g/mol. The Morgan fingerprint density at radius 2 is 1.78 bits per heavy atom. The van der Waals surface area contributed by atoms with E-state index in [-0.39, 0.29) is 28.6 Å². The Bertz CT molecular complexity index is 1550. The van der Waals surface area contributed by atoms with Gasteiger partial charge in [-0.3, -0.25) is 14.3 Å². The van der Waals surface area contributed by atoms with Crippen molar-refractivity contribution in [1.82, 2.24) is 24.5 Å². The van der Waals surface area contributed by atoms with E-state index in [1.807, 2.05) is 19.1 Å². The van der Waals surface area contributed by atoms with Crippen molar-refractivity contribution in [2.45, 2.75) is 19.5 Å². The number of hydrogen-bond acceptors (Lipinski definition) is 6. The number of aryl methyl sites for hydroxylation is 1. The first kappa shape index (κ1) is 23.8. The normalized spacial score (nSPS) is 14.4. The molecule has 4 heterocycles. The molecule has 186 valence electrons. The van der Waals surface area contributed by atoms with E-state index in [1.54, 1.807) is 11.1 Å². The number of benzene rings is 1. The van der Waals surface area contributed by atoms with Crippen molar-refractivity contribution < 1.29 is 22.0 Å². The minimum absolute atomic E-state index is 0.0574. The molecule has 0 unspecified atom stereocenters. The maximum Gasteiger partial charge on any atom is 0.449 e. The highest BCUT2D eigenvalue weighted by Crippen LogP contribution is 2.33. The number of alkyl halides is 3. The van der Waals surface area contributed by atoms with E-state index in [9.17, 15) is 26.7 Å². The maximum absolute atomic E-state index is 14.7. The molecule has 7 nitrogen and oxygen atoms in total. The standard InChI is InChI=1S/C24H19F5N6O/c1-12-7-13(5-6-30-12)8-14-10-35(11-14)23-32-18(16-4-3-15(25)9-17(16)26)19-20(33-23)21(36)34(2)22(31-19)24(27,28)29/h3-7,9,14H,8,10-11H2,1-2H3. The first-order valence-electron chi connectivity index (χ1n) is 11.0. The van der Waals surface area contributed by atoms with Crippen LogP contribution in [0.1, 0.15) is 17.1 Å². The van der Waals surface area contributed by atoms with Crippen LogP contribution in [0.5, 0.6) is 0 Å². The van der Waals surface area contributed by atoms with Gasteiger partial charge in [-0.1, -0.05) is 0 Å². The Morgan fingerprint density at radius 3 is 2.44 bits per heavy atom. The van der Waals surface area contributed by atoms with Gasteiger partial charge in [0.15, 0.2) is 5.52 Å². The first-order chi connectivity index (χ1) is 17.0. The van der Waals surface area contributed by atoms with Gasteiger partial charge < -0.3 is 4.90 Å². The minimum Gasteiger partial charge on any atom is -0.340 e. The second kappa shape index (κ2) is 8.61. The Hall–Kier alpha value is -3.96. The van der Waals surface area contributed by atoms with Crippen molar-refractivity contribution in [3.63, 3.8) is 0 Å². The number of aromatic nitrogens is 5. The molecule has 1 aromatic carbocycles. The summed E-state index contributed by atoms with van der Waals surface area (Å²) in [4.78, 5) is 30.9. The van der Waals surface area contributed by atoms with E-state index in [4.69, 9.17) is 0 Å². The molecule has 0 radical (unpaired) electrons. The van der Waals surface area contributed by atoms with Crippen LogP contribution < -0.4 is 10.5 Å². The van der Waals surface area contributed by atoms with Crippen LogP contribution in [0.3, 0.4) is 0 Å². The van der Waals surface area contributed by atoms with Crippen LogP contribution in [0.4, 0.5) is 27.9 Å². The molecule has 1 saturated heterocycles. The summed E-state index contributed by atoms with van der Waals surface area (Å²) < 4.78 is 69.2. The second-order valence-corrected chi connectivity index (χ2v) is 8.77. The quantitative estimate of drug-likeness (QED) is 0.392. The molecule has 1 aliphatic rings. The van der Waals surface area contributed by atoms with Crippen LogP contribution in [0, 0.1) is 24.5 Å². The van der Waals surface area contributed by atoms with Crippen molar-refractivity contribution in [3.05, 3.63) is 75.6 Å². The predicted molar refractivity (Wildman–Crippen MR) is 121 cm³/mol. The third-order valence-corrected chi connectivity index (χ3v) is 6.08. The molecule has 1 fully saturated rings. The van der Waals surface area contributed by atoms with E-state index >= 15 is 0 Å². The molecule has 5 rings (SSSR count). The van der Waals surface area contributed by atoms with Gasteiger partial charge in [0.1, 0.15) is 22.8 Å². The van der Waals surface area contributed by atoms with Gasteiger partial charge in [0.25, 0.3) is 5.56 Å².